The summed E-state index contributed by atoms with van der Waals surface area (Å²) in [6, 6.07) is 7.68. The van der Waals surface area contributed by atoms with Crippen molar-refractivity contribution in [1.82, 2.24) is 4.90 Å². The van der Waals surface area contributed by atoms with Gasteiger partial charge in [-0.15, -0.1) is 0 Å². The van der Waals surface area contributed by atoms with E-state index in [0.29, 0.717) is 33.8 Å². The number of hydrogen-bond acceptors (Lipinski definition) is 4. The van der Waals surface area contributed by atoms with E-state index in [-0.39, 0.29) is 11.8 Å². The van der Waals surface area contributed by atoms with E-state index in [1.807, 2.05) is 31.2 Å². The minimum absolute atomic E-state index is 0.0904. The van der Waals surface area contributed by atoms with Crippen molar-refractivity contribution in [3.8, 4) is 0 Å². The first-order chi connectivity index (χ1) is 12.0. The van der Waals surface area contributed by atoms with E-state index in [9.17, 15) is 9.59 Å². The summed E-state index contributed by atoms with van der Waals surface area (Å²) < 4.78 is 0.548. The van der Waals surface area contributed by atoms with E-state index in [1.54, 1.807) is 9.80 Å². The zero-order valence-electron chi connectivity index (χ0n) is 14.7. The van der Waals surface area contributed by atoms with Crippen LogP contribution < -0.4 is 4.90 Å². The molecule has 0 aromatic heterocycles. The molecule has 0 bridgehead atoms. The SMILES string of the molecule is CCCN1C(=O)C(=C2SC(=S)N(CCC(C)C)C2=O)c2ccccc21. The van der Waals surface area contributed by atoms with Crippen LogP contribution in [0.4, 0.5) is 5.69 Å². The topological polar surface area (TPSA) is 40.6 Å². The van der Waals surface area contributed by atoms with Crippen molar-refractivity contribution in [3.05, 3.63) is 34.7 Å². The molecule has 4 nitrogen and oxygen atoms in total. The van der Waals surface area contributed by atoms with Crippen LogP contribution in [0.25, 0.3) is 5.57 Å². The molecule has 0 unspecified atom stereocenters. The minimum Gasteiger partial charge on any atom is -0.308 e. The number of amides is 2. The number of nitrogens with zero attached hydrogens (tertiary/aromatic N) is 2. The maximum Gasteiger partial charge on any atom is 0.267 e. The molecule has 2 aliphatic rings. The molecule has 2 aliphatic heterocycles. The molecule has 1 saturated heterocycles. The molecule has 0 N–H and O–H groups in total. The first-order valence-corrected chi connectivity index (χ1v) is 9.87. The average molecular weight is 375 g/mol. The summed E-state index contributed by atoms with van der Waals surface area (Å²) >= 11 is 6.67. The molecule has 0 spiro atoms. The van der Waals surface area contributed by atoms with Crippen LogP contribution in [0.1, 0.15) is 39.2 Å². The molecule has 6 heteroatoms. The second-order valence-corrected chi connectivity index (χ2v) is 8.33. The van der Waals surface area contributed by atoms with Crippen LogP contribution >= 0.6 is 24.0 Å². The van der Waals surface area contributed by atoms with Crippen molar-refractivity contribution >= 4 is 51.4 Å². The summed E-state index contributed by atoms with van der Waals surface area (Å²) in [5.74, 6) is 0.269. The van der Waals surface area contributed by atoms with Crippen LogP contribution in [0.5, 0.6) is 0 Å². The molecule has 0 atom stereocenters. The quantitative estimate of drug-likeness (QED) is 0.576. The lowest BCUT2D eigenvalue weighted by Gasteiger charge is -2.16. The fraction of sp³-hybridized carbons (Fsp3) is 0.421. The molecule has 0 aliphatic carbocycles. The zero-order chi connectivity index (χ0) is 18.1. The number of rotatable bonds is 5. The van der Waals surface area contributed by atoms with E-state index < -0.39 is 0 Å². The van der Waals surface area contributed by atoms with Crippen LogP contribution in [-0.4, -0.2) is 34.1 Å². The number of benzene rings is 1. The normalized spacial score (nSPS) is 20.2. The fourth-order valence-electron chi connectivity index (χ4n) is 3.07. The third-order valence-electron chi connectivity index (χ3n) is 4.38. The third kappa shape index (κ3) is 3.25. The number of para-hydroxylation sites is 1. The van der Waals surface area contributed by atoms with Crippen molar-refractivity contribution in [3.63, 3.8) is 0 Å². The van der Waals surface area contributed by atoms with Gasteiger partial charge in [0.25, 0.3) is 11.8 Å². The molecule has 132 valence electrons. The van der Waals surface area contributed by atoms with Crippen LogP contribution in [0, 0.1) is 5.92 Å². The van der Waals surface area contributed by atoms with E-state index in [0.717, 1.165) is 24.1 Å². The Morgan fingerprint density at radius 3 is 2.48 bits per heavy atom. The number of fused-ring (bicyclic) bond motifs is 1. The summed E-state index contributed by atoms with van der Waals surface area (Å²) in [7, 11) is 0. The van der Waals surface area contributed by atoms with E-state index in [1.165, 1.54) is 11.8 Å². The lowest BCUT2D eigenvalue weighted by atomic mass is 10.1. The van der Waals surface area contributed by atoms with Crippen molar-refractivity contribution in [2.75, 3.05) is 18.0 Å². The lowest BCUT2D eigenvalue weighted by molar-refractivity contribution is -0.122. The van der Waals surface area contributed by atoms with Crippen molar-refractivity contribution in [1.29, 1.82) is 0 Å². The summed E-state index contributed by atoms with van der Waals surface area (Å²) in [5, 5.41) is 0. The number of carbonyl (C=O) groups excluding carboxylic acids is 2. The fourth-order valence-corrected chi connectivity index (χ4v) is 4.45. The monoisotopic (exact) mass is 374 g/mol. The number of carbonyl (C=O) groups is 2. The van der Waals surface area contributed by atoms with Gasteiger partial charge in [-0.3, -0.25) is 14.5 Å². The lowest BCUT2D eigenvalue weighted by Crippen LogP contribution is -2.31. The zero-order valence-corrected chi connectivity index (χ0v) is 16.4. The predicted molar refractivity (Wildman–Crippen MR) is 107 cm³/mol. The Morgan fingerprint density at radius 1 is 1.08 bits per heavy atom. The number of anilines is 1. The summed E-state index contributed by atoms with van der Waals surface area (Å²) in [5.41, 5.74) is 2.23. The highest BCUT2D eigenvalue weighted by Crippen LogP contribution is 2.44. The molecular weight excluding hydrogens is 352 g/mol. The Morgan fingerprint density at radius 2 is 1.80 bits per heavy atom. The second kappa shape index (κ2) is 7.30. The molecule has 0 saturated carbocycles. The highest BCUT2D eigenvalue weighted by Gasteiger charge is 2.41. The summed E-state index contributed by atoms with van der Waals surface area (Å²) in [6.07, 6.45) is 1.75. The van der Waals surface area contributed by atoms with Gasteiger partial charge in [-0.2, -0.15) is 0 Å². The molecule has 1 aromatic carbocycles. The molecule has 1 fully saturated rings. The molecule has 3 rings (SSSR count). The minimum atomic E-state index is -0.132. The smallest absolute Gasteiger partial charge is 0.267 e. The van der Waals surface area contributed by atoms with Crippen molar-refractivity contribution in [2.45, 2.75) is 33.6 Å². The largest absolute Gasteiger partial charge is 0.308 e. The number of thiocarbonyl (C=S) groups is 1. The predicted octanol–water partition coefficient (Wildman–Crippen LogP) is 4.06. The van der Waals surface area contributed by atoms with Crippen molar-refractivity contribution < 1.29 is 9.59 Å². The highest BCUT2D eigenvalue weighted by molar-refractivity contribution is 8.26. The van der Waals surface area contributed by atoms with Gasteiger partial charge in [-0.25, -0.2) is 0 Å². The van der Waals surface area contributed by atoms with Crippen LogP contribution in [0.15, 0.2) is 29.2 Å². The molecule has 25 heavy (non-hydrogen) atoms. The maximum absolute atomic E-state index is 13.0. The summed E-state index contributed by atoms with van der Waals surface area (Å²) in [6.45, 7) is 7.53. The van der Waals surface area contributed by atoms with Crippen LogP contribution in [-0.2, 0) is 9.59 Å². The first kappa shape index (κ1) is 18.1. The average Bonchev–Trinajstić information content (AvgIpc) is 3.00. The van der Waals surface area contributed by atoms with Gasteiger partial charge in [0, 0.05) is 18.7 Å². The molecular formula is C19H22N2O2S2. The number of thioether (sulfide) groups is 1. The second-order valence-electron chi connectivity index (χ2n) is 6.69. The number of hydrogen-bond donors (Lipinski definition) is 0. The van der Waals surface area contributed by atoms with E-state index in [2.05, 4.69) is 13.8 Å². The van der Waals surface area contributed by atoms with Crippen LogP contribution in [0.3, 0.4) is 0 Å². The van der Waals surface area contributed by atoms with Gasteiger partial charge < -0.3 is 4.90 Å². The Kier molecular flexibility index (Phi) is 5.29. The van der Waals surface area contributed by atoms with E-state index >= 15 is 0 Å². The van der Waals surface area contributed by atoms with Crippen molar-refractivity contribution in [2.24, 2.45) is 5.92 Å². The van der Waals surface area contributed by atoms with E-state index in [4.69, 9.17) is 12.2 Å². The van der Waals surface area contributed by atoms with Crippen LogP contribution in [0.2, 0.25) is 0 Å². The van der Waals surface area contributed by atoms with Gasteiger partial charge in [0.15, 0.2) is 0 Å². The first-order valence-electron chi connectivity index (χ1n) is 8.64. The Labute approximate surface area is 158 Å². The standard InChI is InChI=1S/C19H22N2O2S2/c1-4-10-20-14-8-6-5-7-13(14)15(17(20)22)16-18(23)21(19(24)25-16)11-9-12(2)3/h5-8,12H,4,9-11H2,1-3H3. The van der Waals surface area contributed by atoms with Gasteiger partial charge in [0.1, 0.15) is 4.32 Å². The molecule has 1 aromatic rings. The Hall–Kier alpha value is -1.66. The molecule has 2 heterocycles. The van der Waals surface area contributed by atoms with Gasteiger partial charge in [0.05, 0.1) is 16.2 Å². The third-order valence-corrected chi connectivity index (χ3v) is 5.82. The molecule has 0 radical (unpaired) electrons. The van der Waals surface area contributed by atoms with Gasteiger partial charge in [0.2, 0.25) is 0 Å². The Bertz CT molecular complexity index is 770. The summed E-state index contributed by atoms with van der Waals surface area (Å²) in [4.78, 5) is 29.8. The highest BCUT2D eigenvalue weighted by atomic mass is 32.2. The van der Waals surface area contributed by atoms with Gasteiger partial charge in [-0.05, 0) is 24.8 Å². The maximum atomic E-state index is 13.0. The van der Waals surface area contributed by atoms with Gasteiger partial charge in [-0.1, -0.05) is 63.0 Å². The molecule has 2 amide bonds. The Balaban J connectivity index is 2.01. The van der Waals surface area contributed by atoms with Gasteiger partial charge >= 0.3 is 0 Å².